The van der Waals surface area contributed by atoms with E-state index >= 15 is 0 Å². The number of nitrogens with zero attached hydrogens (tertiary/aromatic N) is 7. The Hall–Kier alpha value is -5.25. The number of phosphoric acid groups is 4. The second-order valence-electron chi connectivity index (χ2n) is 35.4. The molecule has 776 valence electrons. The lowest BCUT2D eigenvalue weighted by atomic mass is 9.93. The molecule has 9 heterocycles. The lowest BCUT2D eigenvalue weighted by molar-refractivity contribution is -0.870. The predicted octanol–water partition coefficient (Wildman–Crippen LogP) is 5.71. The average molecular weight is 2100 g/mol. The first-order chi connectivity index (χ1) is 64.7. The van der Waals surface area contributed by atoms with E-state index < -0.39 is 253 Å². The molecule has 23 atom stereocenters. The fourth-order valence-corrected chi connectivity index (χ4v) is 21.7. The Balaban J connectivity index is 0.821. The second-order valence-corrected chi connectivity index (χ2v) is 47.7. The number of quaternary nitrogens is 1. The summed E-state index contributed by atoms with van der Waals surface area (Å²) < 4.78 is 157. The van der Waals surface area contributed by atoms with E-state index in [2.05, 4.69) is 47.8 Å². The fraction of sp³-hybridized carbons (Fsp3) is 0.762. The molecule has 10 unspecified atom stereocenters. The summed E-state index contributed by atoms with van der Waals surface area (Å²) in [7, 11) is -13.7. The molecule has 0 aromatic carbocycles. The molecule has 0 aliphatic carbocycles. The molecule has 4 saturated heterocycles. The Morgan fingerprint density at radius 2 is 1.12 bits per heavy atom. The third-order valence-corrected chi connectivity index (χ3v) is 29.8. The SMILES string of the molecule is CCCCCCCCCCCCCCCCCCCCCC(=O)N[C@@H](COP(=O)([O-])OCC[N+](C)(C)C)C(=O)NCCCCC(CO)COP(=O)(O)O[C@@H]1C[C@H](n2cc(C)c(=O)[nH]c2=O)O[C@@H]1COP(=O)(O)O[C@@H]1C[C@H](n2cc(C)c(=O)[nH]c2=O)O[C@@H]1COP(=O)(O)O[C@@H]1C(OC)[C@H](n2cnc3c(N)ncnc32)O[C@@H]1COP(O)(=S)O[C@@H]1C(OC)[C@H](C2C=CC(=O)NC2=O)O[C@@H]1COP(C)(O)=S. The molecule has 0 saturated carbocycles. The number of aryl methyl sites for hydroxylation is 2. The van der Waals surface area contributed by atoms with Crippen LogP contribution >= 0.6 is 44.5 Å². The molecule has 4 aromatic heterocycles. The first kappa shape index (κ1) is 115. The van der Waals surface area contributed by atoms with Crippen LogP contribution in [-0.2, 0) is 139 Å². The number of amides is 4. The number of aliphatic hydroxyl groups is 1. The Morgan fingerprint density at radius 1 is 0.613 bits per heavy atom. The van der Waals surface area contributed by atoms with Gasteiger partial charge < -0.3 is 102 Å². The summed E-state index contributed by atoms with van der Waals surface area (Å²) in [6.07, 6.45) is 6.93. The summed E-state index contributed by atoms with van der Waals surface area (Å²) in [4.78, 5) is 191. The molecule has 9 rings (SSSR count). The van der Waals surface area contributed by atoms with Gasteiger partial charge >= 0.3 is 41.6 Å². The molecular weight excluding hydrogens is 1970 g/mol. The van der Waals surface area contributed by atoms with Crippen molar-refractivity contribution in [3.05, 3.63) is 90.0 Å². The maximum Gasteiger partial charge on any atom is 0.472 e. The number of nitrogen functional groups attached to an aromatic ring is 1. The number of aromatic amines is 2. The van der Waals surface area contributed by atoms with E-state index in [1.165, 1.54) is 128 Å². The highest BCUT2D eigenvalue weighted by molar-refractivity contribution is 8.09. The van der Waals surface area contributed by atoms with E-state index in [0.29, 0.717) is 17.4 Å². The summed E-state index contributed by atoms with van der Waals surface area (Å²) in [6, 6.07) is -1.45. The third kappa shape index (κ3) is 37.1. The van der Waals surface area contributed by atoms with Crippen molar-refractivity contribution in [3.63, 3.8) is 0 Å². The number of H-pyrrole nitrogens is 2. The number of likely N-dealkylation sites (N-methyl/N-ethyl adjacent to an activating group) is 1. The summed E-state index contributed by atoms with van der Waals surface area (Å²) in [6.45, 7) is -7.53. The van der Waals surface area contributed by atoms with Crippen LogP contribution in [0.5, 0.6) is 0 Å². The minimum Gasteiger partial charge on any atom is -0.756 e. The van der Waals surface area contributed by atoms with Crippen LogP contribution in [0.4, 0.5) is 5.82 Å². The maximum atomic E-state index is 14.7. The second kappa shape index (κ2) is 54.1. The molecule has 137 heavy (non-hydrogen) atoms. The maximum absolute atomic E-state index is 14.7. The monoisotopic (exact) mass is 2100 g/mol. The first-order valence-corrected chi connectivity index (χ1v) is 57.3. The van der Waals surface area contributed by atoms with Crippen LogP contribution in [0.3, 0.4) is 0 Å². The molecule has 0 bridgehead atoms. The number of nitrogens with one attached hydrogen (secondary N) is 5. The quantitative estimate of drug-likeness (QED) is 0.0109. The van der Waals surface area contributed by atoms with Crippen LogP contribution in [-0.4, -0.2) is 277 Å². The van der Waals surface area contributed by atoms with Gasteiger partial charge in [-0.3, -0.25) is 94.0 Å². The van der Waals surface area contributed by atoms with Crippen LogP contribution in [0.2, 0.25) is 0 Å². The molecule has 4 amide bonds. The number of phosphoric ester groups is 4. The number of hydrogen-bond acceptors (Lipinski definition) is 37. The Bertz CT molecular complexity index is 5200. The summed E-state index contributed by atoms with van der Waals surface area (Å²) in [5.74, 6) is -4.88. The number of rotatable bonds is 64. The number of aliphatic hydroxyl groups excluding tert-OH is 1. The smallest absolute Gasteiger partial charge is 0.472 e. The van der Waals surface area contributed by atoms with Crippen molar-refractivity contribution in [2.24, 2.45) is 11.8 Å². The van der Waals surface area contributed by atoms with Gasteiger partial charge in [-0.25, -0.2) is 38.2 Å². The zero-order valence-corrected chi connectivity index (χ0v) is 85.2. The zero-order chi connectivity index (χ0) is 100. The highest BCUT2D eigenvalue weighted by Crippen LogP contribution is 2.56. The van der Waals surface area contributed by atoms with Gasteiger partial charge in [0, 0.05) is 88.8 Å². The number of nitrogens with two attached hydrogens (primary N) is 1. The molecule has 5 aliphatic rings. The number of methoxy groups -OCH3 is 2. The number of anilines is 1. The Morgan fingerprint density at radius 3 is 1.65 bits per heavy atom. The number of ether oxygens (including phenoxy) is 6. The third-order valence-electron chi connectivity index (χ3n) is 23.3. The number of imidazole rings is 1. The Kier molecular flexibility index (Phi) is 45.5. The number of carbonyl (C=O) groups excluding carboxylic acids is 4. The van der Waals surface area contributed by atoms with E-state index in [1.54, 1.807) is 0 Å². The highest BCUT2D eigenvalue weighted by Gasteiger charge is 2.56. The Labute approximate surface area is 802 Å². The standard InChI is InChI=1S/C80H133N13O36P6S2/c1-10-11-12-13-14-15-16-17-18-19-20-21-22-23-24-25-26-27-28-32-62(95)86-55(44-118-131(104,105)115-37-36-93(4,5)6)77(100)82-35-30-29-31-53(42-94)43-117-132(106,107)126-56-38-64(90-40-51(2)74(97)88-79(90)101)122-58(56)45-119-133(108,109)127-57-39-65(91-41-52(3)75(98)89-80(91)102)123-59(57)46-120-134(110,111)128-69-61(125-78(71(69)114-8)92-50-85-66-72(81)83-49-84-73(66)92)48-121-135(112,137)129-68-60(47-116-130(9,103)136)124-67(70(68)113-7)54-33-34-63(96)87-76(54)99/h33-34,40-41,49-50,53-61,64-65,67-71,78,94H,10-32,35-39,42-48H2,1-9H3,(H12-,81,82,83,84,86,87,88,89,95,96,97,98,99,100,101,102,103,104,105,106,107,108,109,110,111,112,136,137)/t53?,54?,55-,56+,57+,58+,59+,60+,61+,64+,65+,67-,68-,69-,70?,71?,78+,130?,135?/m0/s1. The molecule has 13 N–H and O–H groups in total. The normalized spacial score (nSPS) is 26.2. The molecule has 5 aliphatic heterocycles. The van der Waals surface area contributed by atoms with E-state index in [0.717, 1.165) is 73.1 Å². The van der Waals surface area contributed by atoms with Crippen molar-refractivity contribution in [1.82, 2.24) is 54.6 Å². The minimum absolute atomic E-state index is 0.00240. The average Bonchev–Trinajstić information content (AvgIpc) is 1.61. The highest BCUT2D eigenvalue weighted by atomic mass is 32.5. The van der Waals surface area contributed by atoms with Gasteiger partial charge in [-0.2, -0.15) is 0 Å². The summed E-state index contributed by atoms with van der Waals surface area (Å²) in [5, 5.41) is 17.9. The van der Waals surface area contributed by atoms with Gasteiger partial charge in [0.2, 0.25) is 23.6 Å². The lowest BCUT2D eigenvalue weighted by Crippen LogP contribution is -2.49. The summed E-state index contributed by atoms with van der Waals surface area (Å²) >= 11 is 10.6. The number of imide groups is 1. The largest absolute Gasteiger partial charge is 0.756 e. The van der Waals surface area contributed by atoms with Crippen molar-refractivity contribution in [2.75, 3.05) is 114 Å². The van der Waals surface area contributed by atoms with E-state index in [-0.39, 0.29) is 66.9 Å². The van der Waals surface area contributed by atoms with Crippen LogP contribution in [0.25, 0.3) is 11.2 Å². The van der Waals surface area contributed by atoms with Crippen molar-refractivity contribution in [2.45, 2.75) is 273 Å². The number of aromatic nitrogens is 8. The van der Waals surface area contributed by atoms with E-state index in [9.17, 15) is 91.1 Å². The van der Waals surface area contributed by atoms with Gasteiger partial charge in [-0.15, -0.1) is 0 Å². The fourth-order valence-electron chi connectivity index (χ4n) is 16.0. The predicted molar refractivity (Wildman–Crippen MR) is 496 cm³/mol. The molecule has 0 radical (unpaired) electrons. The first-order valence-electron chi connectivity index (χ1n) is 45.6. The van der Waals surface area contributed by atoms with Crippen molar-refractivity contribution < 1.29 is 155 Å². The van der Waals surface area contributed by atoms with Crippen molar-refractivity contribution in [1.29, 1.82) is 0 Å². The van der Waals surface area contributed by atoms with Gasteiger partial charge in [0.15, 0.2) is 24.2 Å². The van der Waals surface area contributed by atoms with Gasteiger partial charge in [0.05, 0.1) is 73.0 Å². The number of unbranched alkanes of at least 4 members (excludes halogenated alkanes) is 19. The molecule has 4 aromatic rings. The van der Waals surface area contributed by atoms with Crippen LogP contribution < -0.4 is 49.1 Å². The lowest BCUT2D eigenvalue weighted by Gasteiger charge is -2.30. The van der Waals surface area contributed by atoms with Gasteiger partial charge in [-0.05, 0) is 56.7 Å². The van der Waals surface area contributed by atoms with Crippen LogP contribution in [0.15, 0.2) is 56.4 Å². The molecule has 4 fully saturated rings. The number of carbonyl (C=O) groups is 4. The topological polar surface area (TPSA) is 653 Å². The van der Waals surface area contributed by atoms with Crippen molar-refractivity contribution >= 4 is 109 Å². The van der Waals surface area contributed by atoms with Crippen LogP contribution in [0, 0.1) is 25.7 Å². The van der Waals surface area contributed by atoms with Gasteiger partial charge in [-0.1, -0.05) is 135 Å². The summed E-state index contributed by atoms with van der Waals surface area (Å²) in [5.41, 5.74) is 2.55. The number of fused-ring (bicyclic) bond motifs is 1. The molecule has 49 nitrogen and oxygen atoms in total. The van der Waals surface area contributed by atoms with Crippen LogP contribution in [0.1, 0.15) is 197 Å². The molecule has 57 heteroatoms. The number of hydrogen-bond donors (Lipinski definition) is 12. The van der Waals surface area contributed by atoms with Gasteiger partial charge in [0.25, 0.3) is 18.9 Å². The minimum atomic E-state index is -5.66. The van der Waals surface area contributed by atoms with E-state index in [1.807, 2.05) is 21.1 Å². The van der Waals surface area contributed by atoms with Gasteiger partial charge in [0.1, 0.15) is 111 Å². The van der Waals surface area contributed by atoms with E-state index in [4.69, 9.17) is 108 Å². The molecular formula is C80H133N13O36P6S2. The zero-order valence-electron chi connectivity index (χ0n) is 78.2. The molecule has 0 spiro atoms. The van der Waals surface area contributed by atoms with Crippen molar-refractivity contribution in [3.8, 4) is 0 Å².